The van der Waals surface area contributed by atoms with Gasteiger partial charge in [-0.05, 0) is 45.6 Å². The van der Waals surface area contributed by atoms with Crippen LogP contribution in [0.25, 0.3) is 0 Å². The number of aromatic nitrogens is 1. The summed E-state index contributed by atoms with van der Waals surface area (Å²) in [6, 6.07) is 2.67. The van der Waals surface area contributed by atoms with Gasteiger partial charge in [-0.1, -0.05) is 11.6 Å². The molecule has 0 bridgehead atoms. The summed E-state index contributed by atoms with van der Waals surface area (Å²) in [7, 11) is 0. The number of piperidine rings is 1. The number of nitrogens with zero attached hydrogens (tertiary/aromatic N) is 2. The normalized spacial score (nSPS) is 19.8. The molecule has 1 aliphatic heterocycles. The Kier molecular flexibility index (Phi) is 5.07. The molecule has 1 N–H and O–H groups in total. The van der Waals surface area contributed by atoms with Crippen LogP contribution in [-0.4, -0.2) is 47.1 Å². The van der Waals surface area contributed by atoms with Gasteiger partial charge in [-0.15, -0.1) is 0 Å². The van der Waals surface area contributed by atoms with Crippen LogP contribution in [0.15, 0.2) is 12.3 Å². The lowest BCUT2D eigenvalue weighted by molar-refractivity contribution is 0.0908. The quantitative estimate of drug-likeness (QED) is 0.897. The molecule has 126 valence electrons. The minimum Gasteiger partial charge on any atom is -0.474 e. The van der Waals surface area contributed by atoms with E-state index in [0.717, 1.165) is 32.0 Å². The number of ether oxygens (including phenoxy) is 1. The highest BCUT2D eigenvalue weighted by atomic mass is 35.5. The largest absolute Gasteiger partial charge is 0.474 e. The highest BCUT2D eigenvalue weighted by Gasteiger charge is 2.32. The maximum Gasteiger partial charge on any atom is 0.253 e. The van der Waals surface area contributed by atoms with Crippen molar-refractivity contribution in [1.29, 1.82) is 0 Å². The molecule has 1 aliphatic carbocycles. The van der Waals surface area contributed by atoms with Gasteiger partial charge in [-0.2, -0.15) is 0 Å². The van der Waals surface area contributed by atoms with Crippen LogP contribution in [0.3, 0.4) is 0 Å². The van der Waals surface area contributed by atoms with Crippen molar-refractivity contribution in [3.63, 3.8) is 0 Å². The Morgan fingerprint density at radius 3 is 2.61 bits per heavy atom. The fourth-order valence-corrected chi connectivity index (χ4v) is 3.19. The number of hydrogen-bond acceptors (Lipinski definition) is 4. The van der Waals surface area contributed by atoms with Gasteiger partial charge in [0.25, 0.3) is 5.91 Å². The molecule has 6 heteroatoms. The maximum absolute atomic E-state index is 12.4. The van der Waals surface area contributed by atoms with Gasteiger partial charge in [0.15, 0.2) is 0 Å². The van der Waals surface area contributed by atoms with E-state index in [9.17, 15) is 4.79 Å². The molecule has 23 heavy (non-hydrogen) atoms. The summed E-state index contributed by atoms with van der Waals surface area (Å²) in [6.07, 6.45) is 6.22. The Balaban J connectivity index is 1.54. The first-order valence-corrected chi connectivity index (χ1v) is 8.78. The minimum absolute atomic E-state index is 0.00340. The molecule has 1 aromatic heterocycles. The number of rotatable bonds is 5. The van der Waals surface area contributed by atoms with Gasteiger partial charge in [0.2, 0.25) is 5.88 Å². The molecule has 2 heterocycles. The van der Waals surface area contributed by atoms with E-state index in [0.29, 0.717) is 16.5 Å². The van der Waals surface area contributed by atoms with Crippen molar-refractivity contribution in [1.82, 2.24) is 15.2 Å². The Labute approximate surface area is 142 Å². The van der Waals surface area contributed by atoms with Gasteiger partial charge in [0, 0.05) is 31.4 Å². The summed E-state index contributed by atoms with van der Waals surface area (Å²) in [5, 5.41) is 3.47. The summed E-state index contributed by atoms with van der Waals surface area (Å²) in [5.74, 6) is 0.260. The van der Waals surface area contributed by atoms with Gasteiger partial charge in [0.1, 0.15) is 5.02 Å². The van der Waals surface area contributed by atoms with Crippen LogP contribution in [0.5, 0.6) is 5.88 Å². The number of pyridine rings is 1. The first-order chi connectivity index (χ1) is 11.0. The predicted molar refractivity (Wildman–Crippen MR) is 90.1 cm³/mol. The summed E-state index contributed by atoms with van der Waals surface area (Å²) in [6.45, 7) is 5.98. The first-order valence-electron chi connectivity index (χ1n) is 8.40. The fourth-order valence-electron chi connectivity index (χ4n) is 2.98. The van der Waals surface area contributed by atoms with E-state index in [1.54, 1.807) is 6.07 Å². The molecule has 0 spiro atoms. The zero-order chi connectivity index (χ0) is 16.4. The molecule has 0 atom stereocenters. The van der Waals surface area contributed by atoms with E-state index < -0.39 is 0 Å². The third kappa shape index (κ3) is 4.36. The number of carbonyl (C=O) groups is 1. The van der Waals surface area contributed by atoms with Crippen LogP contribution >= 0.6 is 11.6 Å². The average Bonchev–Trinajstić information content (AvgIpc) is 3.34. The minimum atomic E-state index is -0.111. The third-order valence-electron chi connectivity index (χ3n) is 4.34. The lowest BCUT2D eigenvalue weighted by Crippen LogP contribution is -2.45. The van der Waals surface area contributed by atoms with E-state index in [4.69, 9.17) is 16.3 Å². The smallest absolute Gasteiger partial charge is 0.253 e. The molecule has 2 fully saturated rings. The van der Waals surface area contributed by atoms with Crippen molar-refractivity contribution in [3.8, 4) is 5.88 Å². The number of carbonyl (C=O) groups excluding carboxylic acids is 1. The molecule has 0 aromatic carbocycles. The van der Waals surface area contributed by atoms with E-state index in [1.165, 1.54) is 19.0 Å². The highest BCUT2D eigenvalue weighted by molar-refractivity contribution is 6.32. The van der Waals surface area contributed by atoms with E-state index in [2.05, 4.69) is 15.2 Å². The van der Waals surface area contributed by atoms with Crippen LogP contribution in [-0.2, 0) is 0 Å². The second-order valence-corrected chi connectivity index (χ2v) is 7.10. The van der Waals surface area contributed by atoms with Crippen molar-refractivity contribution in [2.75, 3.05) is 13.1 Å². The number of likely N-dealkylation sites (tertiary alicyclic amines) is 1. The van der Waals surface area contributed by atoms with Crippen LogP contribution in [0.2, 0.25) is 5.02 Å². The van der Waals surface area contributed by atoms with Crippen molar-refractivity contribution in [2.45, 2.75) is 57.7 Å². The van der Waals surface area contributed by atoms with Crippen molar-refractivity contribution < 1.29 is 9.53 Å². The average molecular weight is 338 g/mol. The van der Waals surface area contributed by atoms with Gasteiger partial charge in [-0.3, -0.25) is 4.79 Å². The van der Waals surface area contributed by atoms with Crippen LogP contribution in [0.1, 0.15) is 49.9 Å². The molecule has 0 unspecified atom stereocenters. The lowest BCUT2D eigenvalue weighted by atomic mass is 10.0. The zero-order valence-electron chi connectivity index (χ0n) is 13.7. The van der Waals surface area contributed by atoms with Crippen LogP contribution in [0, 0.1) is 0 Å². The van der Waals surface area contributed by atoms with Gasteiger partial charge >= 0.3 is 0 Å². The summed E-state index contributed by atoms with van der Waals surface area (Å²) >= 11 is 6.15. The number of nitrogens with one attached hydrogen (secondary N) is 1. The van der Waals surface area contributed by atoms with Gasteiger partial charge in [0.05, 0.1) is 11.7 Å². The number of hydrogen-bond donors (Lipinski definition) is 1. The number of amides is 1. The highest BCUT2D eigenvalue weighted by Crippen LogP contribution is 2.29. The topological polar surface area (TPSA) is 54.5 Å². The van der Waals surface area contributed by atoms with E-state index in [-0.39, 0.29) is 18.1 Å². The molecule has 5 nitrogen and oxygen atoms in total. The molecule has 2 aliphatic rings. The standard InChI is InChI=1S/C17H24ClN3O2/c1-11(2)23-17-15(18)9-12(10-19-17)16(22)20-13-5-7-21(8-6-13)14-3-4-14/h9-11,13-14H,3-8H2,1-2H3,(H,20,22). The lowest BCUT2D eigenvalue weighted by Gasteiger charge is -2.32. The summed E-state index contributed by atoms with van der Waals surface area (Å²) in [5.41, 5.74) is 0.482. The first kappa shape index (κ1) is 16.5. The van der Waals surface area contributed by atoms with E-state index >= 15 is 0 Å². The Morgan fingerprint density at radius 1 is 1.35 bits per heavy atom. The molecule has 3 rings (SSSR count). The Bertz CT molecular complexity index is 567. The molecule has 1 saturated carbocycles. The van der Waals surface area contributed by atoms with Crippen LogP contribution < -0.4 is 10.1 Å². The van der Waals surface area contributed by atoms with Gasteiger partial charge in [-0.25, -0.2) is 4.98 Å². The van der Waals surface area contributed by atoms with Crippen molar-refractivity contribution in [3.05, 3.63) is 22.8 Å². The second-order valence-electron chi connectivity index (χ2n) is 6.69. The van der Waals surface area contributed by atoms with Crippen molar-refractivity contribution >= 4 is 17.5 Å². The van der Waals surface area contributed by atoms with Crippen LogP contribution in [0.4, 0.5) is 0 Å². The number of halogens is 1. The molecule has 0 radical (unpaired) electrons. The molecule has 1 aromatic rings. The fraction of sp³-hybridized carbons (Fsp3) is 0.647. The monoisotopic (exact) mass is 337 g/mol. The summed E-state index contributed by atoms with van der Waals surface area (Å²) < 4.78 is 5.49. The second kappa shape index (κ2) is 7.05. The predicted octanol–water partition coefficient (Wildman–Crippen LogP) is 2.88. The SMILES string of the molecule is CC(C)Oc1ncc(C(=O)NC2CCN(C3CC3)CC2)cc1Cl. The van der Waals surface area contributed by atoms with E-state index in [1.807, 2.05) is 13.8 Å². The van der Waals surface area contributed by atoms with Crippen molar-refractivity contribution in [2.24, 2.45) is 0 Å². The molecular formula is C17H24ClN3O2. The Hall–Kier alpha value is -1.33. The zero-order valence-corrected chi connectivity index (χ0v) is 14.5. The summed E-state index contributed by atoms with van der Waals surface area (Å²) in [4.78, 5) is 19.1. The third-order valence-corrected chi connectivity index (χ3v) is 4.62. The molecule has 1 amide bonds. The molecule has 1 saturated heterocycles. The maximum atomic E-state index is 12.4. The van der Waals surface area contributed by atoms with Gasteiger partial charge < -0.3 is 15.0 Å². The molecular weight excluding hydrogens is 314 g/mol. The Morgan fingerprint density at radius 2 is 2.04 bits per heavy atom.